The van der Waals surface area contributed by atoms with E-state index in [4.69, 9.17) is 16.2 Å². The molecular formula is C11H15N3O4S. The van der Waals surface area contributed by atoms with Crippen LogP contribution in [0.5, 0.6) is 0 Å². The van der Waals surface area contributed by atoms with E-state index in [1.165, 1.54) is 0 Å². The topological polar surface area (TPSA) is 125 Å². The van der Waals surface area contributed by atoms with Crippen LogP contribution in [-0.2, 0) is 9.53 Å². The van der Waals surface area contributed by atoms with Crippen molar-refractivity contribution < 1.29 is 19.1 Å². The number of rotatable bonds is 5. The van der Waals surface area contributed by atoms with Gasteiger partial charge in [0.1, 0.15) is 5.00 Å². The minimum absolute atomic E-state index is 0.141. The fraction of sp³-hybridized carbons (Fsp3) is 0.364. The van der Waals surface area contributed by atoms with Gasteiger partial charge in [0.2, 0.25) is 5.91 Å². The first-order valence-corrected chi connectivity index (χ1v) is 6.34. The molecule has 0 aromatic carbocycles. The van der Waals surface area contributed by atoms with Gasteiger partial charge in [0.25, 0.3) is 5.91 Å². The lowest BCUT2D eigenvalue weighted by atomic mass is 10.1. The second-order valence-corrected chi connectivity index (χ2v) is 4.62. The van der Waals surface area contributed by atoms with Gasteiger partial charge in [0.15, 0.2) is 0 Å². The summed E-state index contributed by atoms with van der Waals surface area (Å²) in [5, 5.41) is 2.68. The Morgan fingerprint density at radius 3 is 2.47 bits per heavy atom. The van der Waals surface area contributed by atoms with Gasteiger partial charge in [0, 0.05) is 0 Å². The fourth-order valence-electron chi connectivity index (χ4n) is 1.46. The number of carbonyl (C=O) groups is 3. The number of nitrogens with two attached hydrogens (primary N) is 2. The van der Waals surface area contributed by atoms with Gasteiger partial charge in [-0.15, -0.1) is 11.3 Å². The lowest BCUT2D eigenvalue weighted by Crippen LogP contribution is -2.22. The highest BCUT2D eigenvalue weighted by molar-refractivity contribution is 7.18. The average Bonchev–Trinajstić information content (AvgIpc) is 2.66. The highest BCUT2D eigenvalue weighted by Crippen LogP contribution is 2.33. The van der Waals surface area contributed by atoms with Crippen LogP contribution in [0.4, 0.5) is 5.00 Å². The molecule has 0 unspecified atom stereocenters. The summed E-state index contributed by atoms with van der Waals surface area (Å²) in [4.78, 5) is 34.6. The molecule has 7 nitrogen and oxygen atoms in total. The van der Waals surface area contributed by atoms with Crippen LogP contribution in [0.2, 0.25) is 0 Å². The van der Waals surface area contributed by atoms with Crippen LogP contribution in [0, 0.1) is 6.92 Å². The summed E-state index contributed by atoms with van der Waals surface area (Å²) in [7, 11) is 0. The first-order valence-electron chi connectivity index (χ1n) is 5.52. The predicted molar refractivity (Wildman–Crippen MR) is 71.2 cm³/mol. The van der Waals surface area contributed by atoms with Gasteiger partial charge in [-0.2, -0.15) is 0 Å². The molecule has 5 N–H and O–H groups in total. The number of esters is 1. The zero-order valence-corrected chi connectivity index (χ0v) is 11.4. The predicted octanol–water partition coefficient (Wildman–Crippen LogP) is 0.229. The number of carbonyl (C=O) groups excluding carboxylic acids is 3. The molecule has 0 fully saturated rings. The Labute approximate surface area is 113 Å². The summed E-state index contributed by atoms with van der Waals surface area (Å²) in [5.74, 6) is -1.75. The minimum Gasteiger partial charge on any atom is -0.462 e. The van der Waals surface area contributed by atoms with Gasteiger partial charge in [-0.3, -0.25) is 9.59 Å². The Morgan fingerprint density at radius 1 is 1.37 bits per heavy atom. The third-order valence-electron chi connectivity index (χ3n) is 2.29. The van der Waals surface area contributed by atoms with Crippen molar-refractivity contribution in [2.75, 3.05) is 18.5 Å². The summed E-state index contributed by atoms with van der Waals surface area (Å²) in [6.45, 7) is 3.18. The number of hydrogen-bond acceptors (Lipinski definition) is 6. The smallest absolute Gasteiger partial charge is 0.341 e. The Hall–Kier alpha value is -1.93. The van der Waals surface area contributed by atoms with Crippen molar-refractivity contribution >= 4 is 34.1 Å². The monoisotopic (exact) mass is 285 g/mol. The molecule has 1 aromatic rings. The molecule has 0 aliphatic carbocycles. The Bertz CT molecular complexity index is 524. The summed E-state index contributed by atoms with van der Waals surface area (Å²) in [6, 6.07) is 0. The molecule has 8 heteroatoms. The van der Waals surface area contributed by atoms with E-state index in [0.29, 0.717) is 5.56 Å². The first-order chi connectivity index (χ1) is 8.92. The van der Waals surface area contributed by atoms with Gasteiger partial charge in [-0.25, -0.2) is 4.79 Å². The summed E-state index contributed by atoms with van der Waals surface area (Å²) >= 11 is 0.929. The Morgan fingerprint density at radius 2 is 2.00 bits per heavy atom. The number of amides is 2. The number of hydrogen-bond donors (Lipinski definition) is 3. The quantitative estimate of drug-likeness (QED) is 0.668. The van der Waals surface area contributed by atoms with E-state index in [-0.39, 0.29) is 28.6 Å². The summed E-state index contributed by atoms with van der Waals surface area (Å²) < 4.78 is 4.89. The van der Waals surface area contributed by atoms with Crippen LogP contribution in [0.3, 0.4) is 0 Å². The molecule has 0 radical (unpaired) electrons. The molecular weight excluding hydrogens is 270 g/mol. The molecule has 0 spiro atoms. The summed E-state index contributed by atoms with van der Waals surface area (Å²) in [5.41, 5.74) is 10.9. The van der Waals surface area contributed by atoms with Crippen molar-refractivity contribution in [2.24, 2.45) is 11.5 Å². The van der Waals surface area contributed by atoms with Gasteiger partial charge < -0.3 is 21.5 Å². The second-order valence-electron chi connectivity index (χ2n) is 3.60. The molecule has 1 heterocycles. The first kappa shape index (κ1) is 15.1. The maximum atomic E-state index is 11.8. The van der Waals surface area contributed by atoms with Crippen LogP contribution in [0.25, 0.3) is 0 Å². The second kappa shape index (κ2) is 6.30. The van der Waals surface area contributed by atoms with E-state index in [1.807, 2.05) is 0 Å². The minimum atomic E-state index is -0.665. The van der Waals surface area contributed by atoms with Crippen molar-refractivity contribution in [1.29, 1.82) is 0 Å². The van der Waals surface area contributed by atoms with E-state index < -0.39 is 17.8 Å². The highest BCUT2D eigenvalue weighted by Gasteiger charge is 2.25. The lowest BCUT2D eigenvalue weighted by Gasteiger charge is -2.05. The molecule has 0 saturated carbocycles. The summed E-state index contributed by atoms with van der Waals surface area (Å²) in [6.07, 6.45) is 0. The van der Waals surface area contributed by atoms with E-state index in [0.717, 1.165) is 11.3 Å². The third-order valence-corrected chi connectivity index (χ3v) is 3.51. The maximum absolute atomic E-state index is 11.8. The van der Waals surface area contributed by atoms with E-state index in [9.17, 15) is 14.4 Å². The van der Waals surface area contributed by atoms with Crippen LogP contribution in [-0.4, -0.2) is 30.9 Å². The molecule has 1 rings (SSSR count). The lowest BCUT2D eigenvalue weighted by molar-refractivity contribution is -0.114. The van der Waals surface area contributed by atoms with Gasteiger partial charge in [0.05, 0.1) is 23.6 Å². The molecule has 2 amide bonds. The van der Waals surface area contributed by atoms with E-state index in [1.54, 1.807) is 13.8 Å². The molecule has 0 atom stereocenters. The normalized spacial score (nSPS) is 10.1. The van der Waals surface area contributed by atoms with Crippen molar-refractivity contribution in [3.63, 3.8) is 0 Å². The molecule has 0 bridgehead atoms. The third kappa shape index (κ3) is 3.30. The van der Waals surface area contributed by atoms with Gasteiger partial charge in [-0.1, -0.05) is 0 Å². The van der Waals surface area contributed by atoms with Crippen LogP contribution in [0.1, 0.15) is 32.5 Å². The standard InChI is InChI=1S/C11H15N3O4S/c1-3-18-11(17)7-5(2)8(9(13)16)19-10(7)14-6(15)4-12/h3-4,12H2,1-2H3,(H2,13,16)(H,14,15). The van der Waals surface area contributed by atoms with Crippen molar-refractivity contribution in [1.82, 2.24) is 0 Å². The largest absolute Gasteiger partial charge is 0.462 e. The number of nitrogens with one attached hydrogen (secondary N) is 1. The number of ether oxygens (including phenoxy) is 1. The number of thiophene rings is 1. The highest BCUT2D eigenvalue weighted by atomic mass is 32.1. The Kier molecular flexibility index (Phi) is 5.02. The number of primary amides is 1. The van der Waals surface area contributed by atoms with Crippen molar-refractivity contribution in [2.45, 2.75) is 13.8 Å². The zero-order valence-electron chi connectivity index (χ0n) is 10.6. The van der Waals surface area contributed by atoms with Crippen molar-refractivity contribution in [3.05, 3.63) is 16.0 Å². The van der Waals surface area contributed by atoms with Gasteiger partial charge in [-0.05, 0) is 19.4 Å². The molecule has 0 aliphatic rings. The maximum Gasteiger partial charge on any atom is 0.341 e. The van der Waals surface area contributed by atoms with Crippen LogP contribution in [0.15, 0.2) is 0 Å². The van der Waals surface area contributed by atoms with Gasteiger partial charge >= 0.3 is 5.97 Å². The Balaban J connectivity index is 3.26. The van der Waals surface area contributed by atoms with Crippen LogP contribution < -0.4 is 16.8 Å². The molecule has 0 saturated heterocycles. The van der Waals surface area contributed by atoms with Crippen molar-refractivity contribution in [3.8, 4) is 0 Å². The van der Waals surface area contributed by atoms with E-state index in [2.05, 4.69) is 5.32 Å². The fourth-order valence-corrected chi connectivity index (χ4v) is 2.53. The number of anilines is 1. The molecule has 104 valence electrons. The molecule has 0 aliphatic heterocycles. The average molecular weight is 285 g/mol. The van der Waals surface area contributed by atoms with Crippen LogP contribution >= 0.6 is 11.3 Å². The zero-order chi connectivity index (χ0) is 14.6. The molecule has 1 aromatic heterocycles. The molecule has 19 heavy (non-hydrogen) atoms. The van der Waals surface area contributed by atoms with E-state index >= 15 is 0 Å². The SMILES string of the molecule is CCOC(=O)c1c(NC(=O)CN)sc(C(N)=O)c1C.